The van der Waals surface area contributed by atoms with Crippen LogP contribution in [-0.4, -0.2) is 23.0 Å². The topological polar surface area (TPSA) is 78.1 Å². The van der Waals surface area contributed by atoms with Crippen LogP contribution >= 0.6 is 12.4 Å². The van der Waals surface area contributed by atoms with Gasteiger partial charge in [-0.2, -0.15) is 0 Å². The van der Waals surface area contributed by atoms with Gasteiger partial charge >= 0.3 is 5.97 Å². The Morgan fingerprint density at radius 1 is 1.62 bits per heavy atom. The van der Waals surface area contributed by atoms with E-state index in [1.165, 1.54) is 19.5 Å². The highest BCUT2D eigenvalue weighted by atomic mass is 35.5. The summed E-state index contributed by atoms with van der Waals surface area (Å²) in [4.78, 5) is 18.6. The highest BCUT2D eigenvalue weighted by molar-refractivity contribution is 5.86. The number of rotatable bonds is 2. The Labute approximate surface area is 81.7 Å². The van der Waals surface area contributed by atoms with Gasteiger partial charge in [-0.1, -0.05) is 0 Å². The maximum atomic E-state index is 10.9. The number of carbonyl (C=O) groups is 1. The van der Waals surface area contributed by atoms with Crippen LogP contribution < -0.4 is 5.73 Å². The fraction of sp³-hybridized carbons (Fsp3) is 0.286. The van der Waals surface area contributed by atoms with Crippen molar-refractivity contribution >= 4 is 18.4 Å². The summed E-state index contributed by atoms with van der Waals surface area (Å²) in [6.45, 7) is 0.262. The quantitative estimate of drug-likeness (QED) is 0.692. The summed E-state index contributed by atoms with van der Waals surface area (Å²) in [6.07, 6.45) is 2.84. The van der Waals surface area contributed by atoms with E-state index in [1.54, 1.807) is 0 Å². The largest absolute Gasteiger partial charge is 0.464 e. The van der Waals surface area contributed by atoms with Gasteiger partial charge in [0.1, 0.15) is 0 Å². The molecular weight excluding hydrogens is 194 g/mol. The Balaban J connectivity index is 0.00000144. The molecule has 13 heavy (non-hydrogen) atoms. The van der Waals surface area contributed by atoms with E-state index in [1.807, 2.05) is 0 Å². The molecule has 1 rings (SSSR count). The zero-order chi connectivity index (χ0) is 8.97. The molecule has 1 aromatic heterocycles. The van der Waals surface area contributed by atoms with Crippen molar-refractivity contribution < 1.29 is 9.53 Å². The number of nitrogens with zero attached hydrogens (tertiary/aromatic N) is 2. The molecule has 0 saturated carbocycles. The lowest BCUT2D eigenvalue weighted by Crippen LogP contribution is -2.08. The number of methoxy groups -OCH3 is 1. The number of hydrogen-bond acceptors (Lipinski definition) is 5. The lowest BCUT2D eigenvalue weighted by atomic mass is 10.4. The van der Waals surface area contributed by atoms with Crippen LogP contribution in [0, 0.1) is 0 Å². The molecule has 0 radical (unpaired) electrons. The van der Waals surface area contributed by atoms with E-state index in [9.17, 15) is 4.79 Å². The van der Waals surface area contributed by atoms with Gasteiger partial charge in [0.2, 0.25) is 0 Å². The average molecular weight is 204 g/mol. The molecule has 0 atom stereocenters. The first-order valence-corrected chi connectivity index (χ1v) is 3.37. The van der Waals surface area contributed by atoms with Crippen LogP contribution in [0.15, 0.2) is 12.4 Å². The van der Waals surface area contributed by atoms with Crippen molar-refractivity contribution in [2.45, 2.75) is 6.54 Å². The Bertz CT molecular complexity index is 293. The average Bonchev–Trinajstić information content (AvgIpc) is 2.17. The predicted molar refractivity (Wildman–Crippen MR) is 48.5 cm³/mol. The van der Waals surface area contributed by atoms with Crippen LogP contribution in [0.2, 0.25) is 0 Å². The van der Waals surface area contributed by atoms with Crippen LogP contribution in [0.3, 0.4) is 0 Å². The van der Waals surface area contributed by atoms with E-state index in [-0.39, 0.29) is 24.6 Å². The van der Waals surface area contributed by atoms with E-state index in [2.05, 4.69) is 14.7 Å². The molecule has 0 amide bonds. The van der Waals surface area contributed by atoms with Gasteiger partial charge in [-0.05, 0) is 0 Å². The van der Waals surface area contributed by atoms with Crippen molar-refractivity contribution in [1.29, 1.82) is 0 Å². The fourth-order valence-electron chi connectivity index (χ4n) is 0.708. The zero-order valence-electron chi connectivity index (χ0n) is 7.06. The van der Waals surface area contributed by atoms with Gasteiger partial charge in [-0.15, -0.1) is 12.4 Å². The summed E-state index contributed by atoms with van der Waals surface area (Å²) < 4.78 is 4.45. The van der Waals surface area contributed by atoms with E-state index < -0.39 is 5.97 Å². The second-order valence-electron chi connectivity index (χ2n) is 2.09. The van der Waals surface area contributed by atoms with Gasteiger partial charge in [0, 0.05) is 12.7 Å². The summed E-state index contributed by atoms with van der Waals surface area (Å²) in [5, 5.41) is 0. The number of ether oxygens (including phenoxy) is 1. The third-order valence-electron chi connectivity index (χ3n) is 1.29. The van der Waals surface area contributed by atoms with Crippen LogP contribution in [0.1, 0.15) is 16.2 Å². The number of aromatic nitrogens is 2. The Morgan fingerprint density at radius 3 is 2.85 bits per heavy atom. The molecule has 0 bridgehead atoms. The lowest BCUT2D eigenvalue weighted by Gasteiger charge is -1.98. The minimum Gasteiger partial charge on any atom is -0.464 e. The van der Waals surface area contributed by atoms with Gasteiger partial charge in [0.25, 0.3) is 0 Å². The molecule has 0 saturated heterocycles. The van der Waals surface area contributed by atoms with Crippen LogP contribution in [-0.2, 0) is 11.3 Å². The molecule has 0 unspecified atom stereocenters. The van der Waals surface area contributed by atoms with Crippen molar-refractivity contribution in [3.05, 3.63) is 23.8 Å². The van der Waals surface area contributed by atoms with Gasteiger partial charge in [0.15, 0.2) is 5.69 Å². The fourth-order valence-corrected chi connectivity index (χ4v) is 0.708. The number of halogens is 1. The molecule has 6 heteroatoms. The number of esters is 1. The van der Waals surface area contributed by atoms with Crippen LogP contribution in [0.4, 0.5) is 0 Å². The number of hydrogen-bond donors (Lipinski definition) is 1. The Hall–Kier alpha value is -1.20. The van der Waals surface area contributed by atoms with Crippen LogP contribution in [0.5, 0.6) is 0 Å². The van der Waals surface area contributed by atoms with E-state index in [4.69, 9.17) is 5.73 Å². The van der Waals surface area contributed by atoms with Crippen molar-refractivity contribution in [2.24, 2.45) is 5.73 Å². The lowest BCUT2D eigenvalue weighted by molar-refractivity contribution is 0.0593. The highest BCUT2D eigenvalue weighted by Crippen LogP contribution is 1.96. The van der Waals surface area contributed by atoms with E-state index in [0.717, 1.165) is 0 Å². The molecule has 1 heterocycles. The predicted octanol–water partition coefficient (Wildman–Crippen LogP) is 0.144. The van der Waals surface area contributed by atoms with Gasteiger partial charge in [-0.25, -0.2) is 9.78 Å². The molecule has 5 nitrogen and oxygen atoms in total. The van der Waals surface area contributed by atoms with Crippen molar-refractivity contribution in [3.8, 4) is 0 Å². The molecule has 0 aliphatic heterocycles. The van der Waals surface area contributed by atoms with Crippen LogP contribution in [0.25, 0.3) is 0 Å². The van der Waals surface area contributed by atoms with E-state index in [0.29, 0.717) is 5.69 Å². The Morgan fingerprint density at radius 2 is 2.31 bits per heavy atom. The molecular formula is C7H10ClN3O2. The number of carbonyl (C=O) groups excluding carboxylic acids is 1. The SMILES string of the molecule is COC(=O)c1cncc(CN)n1.Cl. The molecule has 0 fully saturated rings. The Kier molecular flexibility index (Phi) is 4.94. The molecule has 0 spiro atoms. The van der Waals surface area contributed by atoms with Crippen molar-refractivity contribution in [1.82, 2.24) is 9.97 Å². The summed E-state index contributed by atoms with van der Waals surface area (Å²) in [5.41, 5.74) is 6.05. The monoisotopic (exact) mass is 203 g/mol. The molecule has 0 aliphatic rings. The van der Waals surface area contributed by atoms with Gasteiger partial charge < -0.3 is 10.5 Å². The molecule has 72 valence electrons. The first-order chi connectivity index (χ1) is 5.77. The summed E-state index contributed by atoms with van der Waals surface area (Å²) in [7, 11) is 1.29. The number of nitrogens with two attached hydrogens (primary N) is 1. The molecule has 2 N–H and O–H groups in total. The second-order valence-corrected chi connectivity index (χ2v) is 2.09. The summed E-state index contributed by atoms with van der Waals surface area (Å²) >= 11 is 0. The normalized spacial score (nSPS) is 8.77. The zero-order valence-corrected chi connectivity index (χ0v) is 7.87. The molecule has 0 aromatic carbocycles. The minimum atomic E-state index is -0.502. The smallest absolute Gasteiger partial charge is 0.358 e. The standard InChI is InChI=1S/C7H9N3O2.ClH/c1-12-7(11)6-4-9-3-5(2-8)10-6;/h3-4H,2,8H2,1H3;1H. The van der Waals surface area contributed by atoms with Gasteiger partial charge in [0.05, 0.1) is 19.0 Å². The van der Waals surface area contributed by atoms with Gasteiger partial charge in [-0.3, -0.25) is 4.98 Å². The third kappa shape index (κ3) is 2.96. The molecule has 1 aromatic rings. The third-order valence-corrected chi connectivity index (χ3v) is 1.29. The maximum absolute atomic E-state index is 10.9. The summed E-state index contributed by atoms with van der Waals surface area (Å²) in [5.74, 6) is -0.502. The first-order valence-electron chi connectivity index (χ1n) is 3.37. The van der Waals surface area contributed by atoms with Crippen molar-refractivity contribution in [2.75, 3.05) is 7.11 Å². The van der Waals surface area contributed by atoms with Crippen molar-refractivity contribution in [3.63, 3.8) is 0 Å². The van der Waals surface area contributed by atoms with E-state index >= 15 is 0 Å². The second kappa shape index (κ2) is 5.45. The minimum absolute atomic E-state index is 0. The molecule has 0 aliphatic carbocycles. The highest BCUT2D eigenvalue weighted by Gasteiger charge is 2.06. The summed E-state index contributed by atoms with van der Waals surface area (Å²) in [6, 6.07) is 0. The first kappa shape index (κ1) is 11.8. The maximum Gasteiger partial charge on any atom is 0.358 e.